The first-order chi connectivity index (χ1) is 9.38. The zero-order chi connectivity index (χ0) is 14.8. The van der Waals surface area contributed by atoms with Gasteiger partial charge in [-0.05, 0) is 35.9 Å². The molecule has 2 aromatic rings. The van der Waals surface area contributed by atoms with E-state index in [4.69, 9.17) is 5.73 Å². The highest BCUT2D eigenvalue weighted by atomic mass is 32.2. The van der Waals surface area contributed by atoms with Crippen LogP contribution in [0.4, 0.5) is 14.5 Å². The van der Waals surface area contributed by atoms with Gasteiger partial charge in [-0.2, -0.15) is 0 Å². The van der Waals surface area contributed by atoms with Crippen LogP contribution >= 0.6 is 0 Å². The molecule has 0 unspecified atom stereocenters. The largest absolute Gasteiger partial charge is 0.398 e. The molecule has 0 saturated carbocycles. The van der Waals surface area contributed by atoms with Gasteiger partial charge in [-0.25, -0.2) is 21.9 Å². The average molecular weight is 298 g/mol. The SMILES string of the molecule is Nc1cc(F)ccc1S(=O)(=O)NCc1cccc(F)c1. The van der Waals surface area contributed by atoms with Crippen molar-refractivity contribution in [3.63, 3.8) is 0 Å². The van der Waals surface area contributed by atoms with Crippen molar-refractivity contribution in [3.8, 4) is 0 Å². The van der Waals surface area contributed by atoms with E-state index >= 15 is 0 Å². The average Bonchev–Trinajstić information content (AvgIpc) is 2.36. The fourth-order valence-corrected chi connectivity index (χ4v) is 2.80. The van der Waals surface area contributed by atoms with E-state index in [0.717, 1.165) is 18.2 Å². The Bertz CT molecular complexity index is 733. The Hall–Kier alpha value is -1.99. The van der Waals surface area contributed by atoms with Gasteiger partial charge in [0.25, 0.3) is 0 Å². The van der Waals surface area contributed by atoms with E-state index in [1.165, 1.54) is 18.2 Å². The minimum atomic E-state index is -3.88. The Morgan fingerprint density at radius 2 is 1.75 bits per heavy atom. The number of nitrogen functional groups attached to an aromatic ring is 1. The molecule has 2 aromatic carbocycles. The molecule has 0 atom stereocenters. The van der Waals surface area contributed by atoms with Crippen molar-refractivity contribution in [3.05, 3.63) is 59.7 Å². The molecule has 0 saturated heterocycles. The Morgan fingerprint density at radius 1 is 1.05 bits per heavy atom. The van der Waals surface area contributed by atoms with Gasteiger partial charge < -0.3 is 5.73 Å². The number of nitrogens with two attached hydrogens (primary N) is 1. The first-order valence-electron chi connectivity index (χ1n) is 5.67. The second-order valence-electron chi connectivity index (χ2n) is 4.14. The van der Waals surface area contributed by atoms with E-state index in [0.29, 0.717) is 5.56 Å². The van der Waals surface area contributed by atoms with Gasteiger partial charge in [0.15, 0.2) is 0 Å². The molecule has 20 heavy (non-hydrogen) atoms. The first kappa shape index (κ1) is 14.4. The van der Waals surface area contributed by atoms with E-state index in [1.54, 1.807) is 6.07 Å². The molecule has 0 aliphatic heterocycles. The van der Waals surface area contributed by atoms with Crippen molar-refractivity contribution in [2.75, 3.05) is 5.73 Å². The molecule has 0 aromatic heterocycles. The van der Waals surface area contributed by atoms with E-state index in [9.17, 15) is 17.2 Å². The second-order valence-corrected chi connectivity index (χ2v) is 5.87. The summed E-state index contributed by atoms with van der Waals surface area (Å²) >= 11 is 0. The zero-order valence-electron chi connectivity index (χ0n) is 10.3. The van der Waals surface area contributed by atoms with Crippen LogP contribution in [0, 0.1) is 11.6 Å². The standard InChI is InChI=1S/C13H12F2N2O2S/c14-10-3-1-2-9(6-10)8-17-20(18,19)13-5-4-11(15)7-12(13)16/h1-7,17H,8,16H2. The highest BCUT2D eigenvalue weighted by Gasteiger charge is 2.17. The number of halogens is 2. The van der Waals surface area contributed by atoms with Crippen LogP contribution in [0.25, 0.3) is 0 Å². The van der Waals surface area contributed by atoms with Crippen LogP contribution in [0.1, 0.15) is 5.56 Å². The lowest BCUT2D eigenvalue weighted by molar-refractivity contribution is 0.580. The maximum Gasteiger partial charge on any atom is 0.242 e. The van der Waals surface area contributed by atoms with Crippen LogP contribution in [-0.2, 0) is 16.6 Å². The number of benzene rings is 2. The summed E-state index contributed by atoms with van der Waals surface area (Å²) in [5.74, 6) is -1.07. The van der Waals surface area contributed by atoms with Crippen LogP contribution in [0.5, 0.6) is 0 Å². The van der Waals surface area contributed by atoms with E-state index < -0.39 is 21.7 Å². The van der Waals surface area contributed by atoms with E-state index in [-0.39, 0.29) is 17.1 Å². The molecule has 7 heteroatoms. The van der Waals surface area contributed by atoms with Crippen LogP contribution in [0.3, 0.4) is 0 Å². The lowest BCUT2D eigenvalue weighted by Gasteiger charge is -2.09. The van der Waals surface area contributed by atoms with Gasteiger partial charge in [0.1, 0.15) is 16.5 Å². The molecule has 0 aliphatic carbocycles. The Kier molecular flexibility index (Phi) is 4.01. The van der Waals surface area contributed by atoms with Crippen LogP contribution in [-0.4, -0.2) is 8.42 Å². The molecule has 106 valence electrons. The van der Waals surface area contributed by atoms with Crippen LogP contribution < -0.4 is 10.5 Å². The predicted octanol–water partition coefficient (Wildman–Crippen LogP) is 2.03. The summed E-state index contributed by atoms with van der Waals surface area (Å²) < 4.78 is 52.2. The summed E-state index contributed by atoms with van der Waals surface area (Å²) in [6, 6.07) is 8.56. The molecule has 0 heterocycles. The van der Waals surface area contributed by atoms with E-state index in [2.05, 4.69) is 4.72 Å². The third-order valence-corrected chi connectivity index (χ3v) is 4.09. The number of sulfonamides is 1. The second kappa shape index (κ2) is 5.56. The highest BCUT2D eigenvalue weighted by Crippen LogP contribution is 2.19. The molecule has 0 spiro atoms. The molecule has 2 rings (SSSR count). The van der Waals surface area contributed by atoms with Gasteiger partial charge in [-0.3, -0.25) is 0 Å². The smallest absolute Gasteiger partial charge is 0.242 e. The normalized spacial score (nSPS) is 11.5. The van der Waals surface area contributed by atoms with Gasteiger partial charge in [0, 0.05) is 6.54 Å². The van der Waals surface area contributed by atoms with Gasteiger partial charge in [-0.1, -0.05) is 12.1 Å². The Morgan fingerprint density at radius 3 is 2.40 bits per heavy atom. The van der Waals surface area contributed by atoms with Crippen molar-refractivity contribution >= 4 is 15.7 Å². The molecule has 0 aliphatic rings. The topological polar surface area (TPSA) is 72.2 Å². The summed E-state index contributed by atoms with van der Waals surface area (Å²) in [6.07, 6.45) is 0. The van der Waals surface area contributed by atoms with Crippen LogP contribution in [0.15, 0.2) is 47.4 Å². The minimum Gasteiger partial charge on any atom is -0.398 e. The Labute approximate surface area is 115 Å². The van der Waals surface area contributed by atoms with Crippen molar-refractivity contribution in [2.24, 2.45) is 0 Å². The molecule has 0 fully saturated rings. The number of hydrogen-bond acceptors (Lipinski definition) is 3. The van der Waals surface area contributed by atoms with Crippen molar-refractivity contribution in [2.45, 2.75) is 11.4 Å². The molecular weight excluding hydrogens is 286 g/mol. The number of rotatable bonds is 4. The van der Waals surface area contributed by atoms with Crippen molar-refractivity contribution in [1.29, 1.82) is 0 Å². The van der Waals surface area contributed by atoms with Crippen molar-refractivity contribution in [1.82, 2.24) is 4.72 Å². The zero-order valence-corrected chi connectivity index (χ0v) is 11.1. The maximum absolute atomic E-state index is 13.0. The molecule has 3 N–H and O–H groups in total. The third kappa shape index (κ3) is 3.31. The first-order valence-corrected chi connectivity index (χ1v) is 7.16. The van der Waals surface area contributed by atoms with Gasteiger partial charge >= 0.3 is 0 Å². The fourth-order valence-electron chi connectivity index (χ4n) is 1.67. The quantitative estimate of drug-likeness (QED) is 0.848. The number of anilines is 1. The molecule has 0 bridgehead atoms. The maximum atomic E-state index is 13.0. The Balaban J connectivity index is 2.19. The molecule has 0 radical (unpaired) electrons. The summed E-state index contributed by atoms with van der Waals surface area (Å²) in [6.45, 7) is -0.0864. The van der Waals surface area contributed by atoms with E-state index in [1.807, 2.05) is 0 Å². The molecule has 0 amide bonds. The molecule has 4 nitrogen and oxygen atoms in total. The summed E-state index contributed by atoms with van der Waals surface area (Å²) in [5.41, 5.74) is 5.76. The minimum absolute atomic E-state index is 0.0864. The lowest BCUT2D eigenvalue weighted by atomic mass is 10.2. The monoisotopic (exact) mass is 298 g/mol. The lowest BCUT2D eigenvalue weighted by Crippen LogP contribution is -2.24. The summed E-state index contributed by atoms with van der Waals surface area (Å²) in [4.78, 5) is -0.213. The number of hydrogen-bond donors (Lipinski definition) is 2. The van der Waals surface area contributed by atoms with Gasteiger partial charge in [0.05, 0.1) is 5.69 Å². The highest BCUT2D eigenvalue weighted by molar-refractivity contribution is 7.89. The number of nitrogens with one attached hydrogen (secondary N) is 1. The van der Waals surface area contributed by atoms with Gasteiger partial charge in [-0.15, -0.1) is 0 Å². The summed E-state index contributed by atoms with van der Waals surface area (Å²) in [5, 5.41) is 0. The fraction of sp³-hybridized carbons (Fsp3) is 0.0769. The third-order valence-electron chi connectivity index (χ3n) is 2.62. The molecular formula is C13H12F2N2O2S. The predicted molar refractivity (Wildman–Crippen MR) is 71.2 cm³/mol. The van der Waals surface area contributed by atoms with Gasteiger partial charge in [0.2, 0.25) is 10.0 Å². The summed E-state index contributed by atoms with van der Waals surface area (Å²) in [7, 11) is -3.88. The van der Waals surface area contributed by atoms with Crippen molar-refractivity contribution < 1.29 is 17.2 Å². The van der Waals surface area contributed by atoms with Crippen LogP contribution in [0.2, 0.25) is 0 Å².